The van der Waals surface area contributed by atoms with Crippen molar-refractivity contribution in [2.24, 2.45) is 0 Å². The second-order valence-electron chi connectivity index (χ2n) is 7.86. The predicted octanol–water partition coefficient (Wildman–Crippen LogP) is 4.03. The summed E-state index contributed by atoms with van der Waals surface area (Å²) in [6.45, 7) is 3.11. The third-order valence-corrected chi connectivity index (χ3v) is 5.75. The van der Waals surface area contributed by atoms with Crippen LogP contribution in [0.1, 0.15) is 29.2 Å². The number of benzene rings is 2. The number of Topliss-reactive ketones (excluding diaryl/α,β-unsaturated/α-hetero) is 1. The van der Waals surface area contributed by atoms with Crippen LogP contribution >= 0.6 is 11.6 Å². The van der Waals surface area contributed by atoms with Crippen molar-refractivity contribution in [1.29, 1.82) is 0 Å². The van der Waals surface area contributed by atoms with Crippen LogP contribution in [0.25, 0.3) is 5.76 Å². The van der Waals surface area contributed by atoms with E-state index in [9.17, 15) is 14.7 Å². The van der Waals surface area contributed by atoms with Gasteiger partial charge in [0.05, 0.1) is 23.7 Å². The Balaban J connectivity index is 2.13. The molecule has 0 radical (unpaired) electrons. The number of aryl methyl sites for hydroxylation is 1. The fourth-order valence-electron chi connectivity index (χ4n) is 3.85. The maximum absolute atomic E-state index is 13.1. The first-order valence-electron chi connectivity index (χ1n) is 10.1. The van der Waals surface area contributed by atoms with Crippen LogP contribution in [0.15, 0.2) is 48.0 Å². The highest BCUT2D eigenvalue weighted by molar-refractivity contribution is 6.46. The quantitative estimate of drug-likeness (QED) is 0.398. The molecular weight excluding hydrogens is 416 g/mol. The standard InChI is InChI=1S/C24H27ClN2O4/c1-15-8-5-6-9-17(15)21-20(22(28)16-10-11-19(31-4)18(25)14-16)23(29)24(30)27(21)13-7-12-26(2)3/h5-6,8-11,14,21,28H,7,12-13H2,1-4H3/b22-20+. The zero-order chi connectivity index (χ0) is 22.7. The first kappa shape index (κ1) is 22.8. The highest BCUT2D eigenvalue weighted by Gasteiger charge is 2.46. The number of methoxy groups -OCH3 is 1. The maximum atomic E-state index is 13.1. The SMILES string of the molecule is COc1ccc(/C(O)=C2\C(=O)C(=O)N(CCCN(C)C)C2c2ccccc2C)cc1Cl. The smallest absolute Gasteiger partial charge is 0.295 e. The lowest BCUT2D eigenvalue weighted by atomic mass is 9.92. The Morgan fingerprint density at radius 3 is 2.52 bits per heavy atom. The average molecular weight is 443 g/mol. The van der Waals surface area contributed by atoms with E-state index in [1.807, 2.05) is 50.2 Å². The van der Waals surface area contributed by atoms with Crippen LogP contribution in [-0.2, 0) is 9.59 Å². The minimum Gasteiger partial charge on any atom is -0.507 e. The molecule has 3 rings (SSSR count). The average Bonchev–Trinajstić information content (AvgIpc) is 2.98. The highest BCUT2D eigenvalue weighted by Crippen LogP contribution is 2.41. The molecular formula is C24H27ClN2O4. The third-order valence-electron chi connectivity index (χ3n) is 5.45. The topological polar surface area (TPSA) is 70.1 Å². The number of rotatable bonds is 7. The number of hydrogen-bond acceptors (Lipinski definition) is 5. The molecule has 7 heteroatoms. The second kappa shape index (κ2) is 9.54. The minimum absolute atomic E-state index is 0.0744. The molecule has 0 aliphatic carbocycles. The second-order valence-corrected chi connectivity index (χ2v) is 8.26. The third kappa shape index (κ3) is 4.60. The molecule has 1 atom stereocenters. The summed E-state index contributed by atoms with van der Waals surface area (Å²) in [5.41, 5.74) is 2.18. The molecule has 0 aromatic heterocycles. The molecule has 1 aliphatic rings. The molecule has 1 saturated heterocycles. The number of amides is 1. The first-order chi connectivity index (χ1) is 14.8. The lowest BCUT2D eigenvalue weighted by molar-refractivity contribution is -0.139. The molecule has 164 valence electrons. The molecule has 2 aromatic carbocycles. The molecule has 2 aromatic rings. The number of ether oxygens (including phenoxy) is 1. The number of carbonyl (C=O) groups excluding carboxylic acids is 2. The van der Waals surface area contributed by atoms with Crippen molar-refractivity contribution in [3.8, 4) is 5.75 Å². The van der Waals surface area contributed by atoms with E-state index in [4.69, 9.17) is 16.3 Å². The van der Waals surface area contributed by atoms with Gasteiger partial charge in [-0.1, -0.05) is 35.9 Å². The van der Waals surface area contributed by atoms with Gasteiger partial charge in [-0.3, -0.25) is 9.59 Å². The fraction of sp³-hybridized carbons (Fsp3) is 0.333. The Morgan fingerprint density at radius 2 is 1.90 bits per heavy atom. The van der Waals surface area contributed by atoms with Crippen LogP contribution in [0.3, 0.4) is 0 Å². The number of likely N-dealkylation sites (tertiary alicyclic amines) is 1. The van der Waals surface area contributed by atoms with Crippen molar-refractivity contribution in [3.05, 3.63) is 69.8 Å². The zero-order valence-electron chi connectivity index (χ0n) is 18.2. The van der Waals surface area contributed by atoms with E-state index in [-0.39, 0.29) is 11.3 Å². The van der Waals surface area contributed by atoms with E-state index >= 15 is 0 Å². The number of halogens is 1. The molecule has 1 heterocycles. The summed E-state index contributed by atoms with van der Waals surface area (Å²) in [7, 11) is 5.42. The van der Waals surface area contributed by atoms with Crippen LogP contribution in [0.5, 0.6) is 5.75 Å². The molecule has 1 N–H and O–H groups in total. The van der Waals surface area contributed by atoms with Crippen molar-refractivity contribution in [1.82, 2.24) is 9.80 Å². The van der Waals surface area contributed by atoms with Crippen LogP contribution in [0.4, 0.5) is 0 Å². The van der Waals surface area contributed by atoms with Gasteiger partial charge in [-0.15, -0.1) is 0 Å². The van der Waals surface area contributed by atoms with E-state index in [1.165, 1.54) is 13.2 Å². The van der Waals surface area contributed by atoms with E-state index < -0.39 is 17.7 Å². The Labute approximate surface area is 187 Å². The van der Waals surface area contributed by atoms with Gasteiger partial charge in [0.1, 0.15) is 11.5 Å². The highest BCUT2D eigenvalue weighted by atomic mass is 35.5. The van der Waals surface area contributed by atoms with Gasteiger partial charge in [-0.25, -0.2) is 0 Å². The van der Waals surface area contributed by atoms with Gasteiger partial charge in [0, 0.05) is 12.1 Å². The lowest BCUT2D eigenvalue weighted by Gasteiger charge is -2.27. The molecule has 0 spiro atoms. The zero-order valence-corrected chi connectivity index (χ0v) is 18.9. The summed E-state index contributed by atoms with van der Waals surface area (Å²) >= 11 is 6.23. The molecule has 1 amide bonds. The predicted molar refractivity (Wildman–Crippen MR) is 121 cm³/mol. The van der Waals surface area contributed by atoms with E-state index in [2.05, 4.69) is 0 Å². The molecule has 0 saturated carbocycles. The van der Waals surface area contributed by atoms with Gasteiger partial charge < -0.3 is 19.6 Å². The van der Waals surface area contributed by atoms with Gasteiger partial charge in [-0.05, 0) is 63.3 Å². The number of carbonyl (C=O) groups is 2. The normalized spacial score (nSPS) is 18.1. The number of aliphatic hydroxyl groups is 1. The van der Waals surface area contributed by atoms with Crippen LogP contribution in [0.2, 0.25) is 5.02 Å². The number of nitrogens with zero attached hydrogens (tertiary/aromatic N) is 2. The van der Waals surface area contributed by atoms with Crippen LogP contribution in [-0.4, -0.2) is 60.9 Å². The van der Waals surface area contributed by atoms with Gasteiger partial charge >= 0.3 is 0 Å². The Hall–Kier alpha value is -2.83. The maximum Gasteiger partial charge on any atom is 0.295 e. The van der Waals surface area contributed by atoms with Gasteiger partial charge in [-0.2, -0.15) is 0 Å². The van der Waals surface area contributed by atoms with Crippen molar-refractivity contribution < 1.29 is 19.4 Å². The van der Waals surface area contributed by atoms with Crippen molar-refractivity contribution >= 4 is 29.1 Å². The molecule has 31 heavy (non-hydrogen) atoms. The number of hydrogen-bond donors (Lipinski definition) is 1. The lowest BCUT2D eigenvalue weighted by Crippen LogP contribution is -2.32. The Kier molecular flexibility index (Phi) is 7.03. The Morgan fingerprint density at radius 1 is 1.19 bits per heavy atom. The largest absolute Gasteiger partial charge is 0.507 e. The minimum atomic E-state index is -0.692. The fourth-order valence-corrected chi connectivity index (χ4v) is 4.11. The molecule has 1 unspecified atom stereocenters. The number of ketones is 1. The van der Waals surface area contributed by atoms with E-state index in [0.29, 0.717) is 29.3 Å². The summed E-state index contributed by atoms with van der Waals surface area (Å²) in [6, 6.07) is 11.7. The van der Waals surface area contributed by atoms with Gasteiger partial charge in [0.15, 0.2) is 0 Å². The van der Waals surface area contributed by atoms with Gasteiger partial charge in [0.2, 0.25) is 0 Å². The van der Waals surface area contributed by atoms with Crippen molar-refractivity contribution in [3.63, 3.8) is 0 Å². The van der Waals surface area contributed by atoms with Gasteiger partial charge in [0.25, 0.3) is 11.7 Å². The first-order valence-corrected chi connectivity index (χ1v) is 10.5. The summed E-state index contributed by atoms with van der Waals surface area (Å²) < 4.78 is 5.17. The molecule has 0 bridgehead atoms. The van der Waals surface area contributed by atoms with E-state index in [0.717, 1.165) is 17.7 Å². The summed E-state index contributed by atoms with van der Waals surface area (Å²) in [4.78, 5) is 29.6. The van der Waals surface area contributed by atoms with Crippen molar-refractivity contribution in [2.75, 3.05) is 34.3 Å². The number of aliphatic hydroxyl groups excluding tert-OH is 1. The summed E-state index contributed by atoms with van der Waals surface area (Å²) in [5, 5.41) is 11.4. The van der Waals surface area contributed by atoms with E-state index in [1.54, 1.807) is 17.0 Å². The Bertz CT molecular complexity index is 1030. The van der Waals surface area contributed by atoms with Crippen molar-refractivity contribution in [2.45, 2.75) is 19.4 Å². The monoisotopic (exact) mass is 442 g/mol. The van der Waals surface area contributed by atoms with Crippen LogP contribution in [0, 0.1) is 6.92 Å². The summed E-state index contributed by atoms with van der Waals surface area (Å²) in [6.07, 6.45) is 0.705. The van der Waals surface area contributed by atoms with Crippen LogP contribution < -0.4 is 4.74 Å². The molecule has 6 nitrogen and oxygen atoms in total. The molecule has 1 aliphatic heterocycles. The molecule has 1 fully saturated rings. The summed E-state index contributed by atoms with van der Waals surface area (Å²) in [5.74, 6) is -1.08.